The van der Waals surface area contributed by atoms with Crippen LogP contribution < -0.4 is 10.6 Å². The number of carbonyl (C=O) groups excluding carboxylic acids is 3. The topological polar surface area (TPSA) is 97.0 Å². The summed E-state index contributed by atoms with van der Waals surface area (Å²) in [5.74, 6) is 0.0838. The van der Waals surface area contributed by atoms with Gasteiger partial charge in [0.25, 0.3) is 0 Å². The van der Waals surface area contributed by atoms with Crippen molar-refractivity contribution in [2.45, 2.75) is 44.6 Å². The van der Waals surface area contributed by atoms with Gasteiger partial charge in [0.15, 0.2) is 0 Å². The number of amides is 1. The summed E-state index contributed by atoms with van der Waals surface area (Å²) in [6.07, 6.45) is 4.88. The highest BCUT2D eigenvalue weighted by Crippen LogP contribution is 2.65. The van der Waals surface area contributed by atoms with Gasteiger partial charge < -0.3 is 20.1 Å². The van der Waals surface area contributed by atoms with Crippen molar-refractivity contribution in [1.29, 1.82) is 0 Å². The molecule has 0 aromatic carbocycles. The number of piperazine rings is 1. The van der Waals surface area contributed by atoms with Crippen LogP contribution in [0.4, 0.5) is 0 Å². The van der Waals surface area contributed by atoms with Crippen LogP contribution in [0.1, 0.15) is 38.5 Å². The highest BCUT2D eigenvalue weighted by Gasteiger charge is 2.63. The van der Waals surface area contributed by atoms with Crippen LogP contribution in [0, 0.1) is 22.7 Å². The fourth-order valence-electron chi connectivity index (χ4n) is 6.77. The van der Waals surface area contributed by atoms with Crippen LogP contribution in [0.25, 0.3) is 0 Å². The molecule has 8 heteroatoms. The number of rotatable bonds is 6. The molecule has 29 heavy (non-hydrogen) atoms. The average Bonchev–Trinajstić information content (AvgIpc) is 2.71. The maximum Gasteiger partial charge on any atom is 0.329 e. The van der Waals surface area contributed by atoms with Gasteiger partial charge in [-0.15, -0.1) is 0 Å². The van der Waals surface area contributed by atoms with E-state index in [0.717, 1.165) is 58.3 Å². The molecular weight excluding hydrogens is 374 g/mol. The van der Waals surface area contributed by atoms with Crippen molar-refractivity contribution in [2.24, 2.45) is 22.7 Å². The van der Waals surface area contributed by atoms with Crippen molar-refractivity contribution in [3.05, 3.63) is 0 Å². The first kappa shape index (κ1) is 20.6. The van der Waals surface area contributed by atoms with Crippen LogP contribution in [0.3, 0.4) is 0 Å². The first-order valence-electron chi connectivity index (χ1n) is 10.8. The third-order valence-electron chi connectivity index (χ3n) is 7.60. The minimum absolute atomic E-state index is 0.0922. The lowest BCUT2D eigenvalue weighted by molar-refractivity contribution is -0.182. The first-order chi connectivity index (χ1) is 13.9. The molecule has 8 nitrogen and oxygen atoms in total. The predicted molar refractivity (Wildman–Crippen MR) is 105 cm³/mol. The molecule has 4 saturated carbocycles. The molecule has 5 fully saturated rings. The van der Waals surface area contributed by atoms with Gasteiger partial charge in [-0.2, -0.15) is 0 Å². The molecular formula is C21H33N3O5. The monoisotopic (exact) mass is 407 g/mol. The van der Waals surface area contributed by atoms with E-state index >= 15 is 0 Å². The second-order valence-corrected chi connectivity index (χ2v) is 9.61. The lowest BCUT2D eigenvalue weighted by atomic mass is 9.44. The summed E-state index contributed by atoms with van der Waals surface area (Å²) in [4.78, 5) is 40.7. The number of methoxy groups -OCH3 is 2. The van der Waals surface area contributed by atoms with Crippen molar-refractivity contribution in [3.63, 3.8) is 0 Å². The number of esters is 2. The molecule has 4 bridgehead atoms. The molecule has 1 heterocycles. The van der Waals surface area contributed by atoms with Crippen LogP contribution in [0.5, 0.6) is 0 Å². The van der Waals surface area contributed by atoms with E-state index in [1.807, 2.05) is 0 Å². The van der Waals surface area contributed by atoms with Crippen molar-refractivity contribution < 1.29 is 23.9 Å². The summed E-state index contributed by atoms with van der Waals surface area (Å²) in [5, 5.41) is 6.31. The molecule has 0 aromatic rings. The molecule has 5 rings (SSSR count). The highest BCUT2D eigenvalue weighted by molar-refractivity contribution is 5.90. The molecule has 0 aromatic heterocycles. The maximum absolute atomic E-state index is 13.5. The largest absolute Gasteiger partial charge is 0.469 e. The Hall–Kier alpha value is -1.67. The highest BCUT2D eigenvalue weighted by atomic mass is 16.5. The Kier molecular flexibility index (Phi) is 5.59. The molecule has 0 radical (unpaired) electrons. The third kappa shape index (κ3) is 3.77. The zero-order valence-electron chi connectivity index (χ0n) is 17.5. The molecule has 162 valence electrons. The Morgan fingerprint density at radius 1 is 1.03 bits per heavy atom. The van der Waals surface area contributed by atoms with Crippen LogP contribution in [-0.2, 0) is 23.9 Å². The molecule has 4 aliphatic carbocycles. The Labute approximate surface area is 172 Å². The van der Waals surface area contributed by atoms with E-state index in [2.05, 4.69) is 15.5 Å². The van der Waals surface area contributed by atoms with Gasteiger partial charge in [0.2, 0.25) is 5.91 Å². The van der Waals surface area contributed by atoms with Gasteiger partial charge in [-0.1, -0.05) is 0 Å². The van der Waals surface area contributed by atoms with E-state index in [1.54, 1.807) is 0 Å². The minimum Gasteiger partial charge on any atom is -0.469 e. The quantitative estimate of drug-likeness (QED) is 0.612. The molecule has 3 atom stereocenters. The summed E-state index contributed by atoms with van der Waals surface area (Å²) in [6.45, 7) is 3.87. The maximum atomic E-state index is 13.5. The van der Waals surface area contributed by atoms with Crippen molar-refractivity contribution in [1.82, 2.24) is 15.5 Å². The van der Waals surface area contributed by atoms with Gasteiger partial charge in [-0.25, -0.2) is 4.79 Å². The van der Waals surface area contributed by atoms with E-state index < -0.39 is 22.8 Å². The second-order valence-electron chi connectivity index (χ2n) is 9.61. The lowest BCUT2D eigenvalue weighted by Crippen LogP contribution is -2.62. The number of nitrogens with one attached hydrogen (secondary N) is 2. The van der Waals surface area contributed by atoms with E-state index in [0.29, 0.717) is 24.8 Å². The van der Waals surface area contributed by atoms with E-state index in [-0.39, 0.29) is 11.9 Å². The smallest absolute Gasteiger partial charge is 0.329 e. The van der Waals surface area contributed by atoms with Gasteiger partial charge in [-0.3, -0.25) is 14.5 Å². The molecule has 3 unspecified atom stereocenters. The standard InChI is InChI=1S/C21H33N3O5/c1-28-17(25)16(12-24-5-3-22-4-6-24)23-18(26)20-8-14-7-15(9-20)11-21(10-14,13-20)19(27)29-2/h14-16,22H,3-13H2,1-2H3,(H,23,26). The summed E-state index contributed by atoms with van der Waals surface area (Å²) >= 11 is 0. The lowest BCUT2D eigenvalue weighted by Gasteiger charge is -2.59. The van der Waals surface area contributed by atoms with Crippen molar-refractivity contribution in [3.8, 4) is 0 Å². The molecule has 2 N–H and O–H groups in total. The minimum atomic E-state index is -0.687. The zero-order chi connectivity index (χ0) is 20.6. The molecule has 1 aliphatic heterocycles. The normalized spacial score (nSPS) is 37.0. The molecule has 5 aliphatic rings. The average molecular weight is 408 g/mol. The summed E-state index contributed by atoms with van der Waals surface area (Å²) in [6, 6.07) is -0.687. The van der Waals surface area contributed by atoms with E-state index in [9.17, 15) is 14.4 Å². The fraction of sp³-hybridized carbons (Fsp3) is 0.857. The summed E-state index contributed by atoms with van der Waals surface area (Å²) < 4.78 is 10.1. The number of ether oxygens (including phenoxy) is 2. The van der Waals surface area contributed by atoms with Crippen LogP contribution in [0.2, 0.25) is 0 Å². The van der Waals surface area contributed by atoms with Gasteiger partial charge in [0, 0.05) is 32.7 Å². The Bertz CT molecular complexity index is 661. The Morgan fingerprint density at radius 2 is 1.66 bits per heavy atom. The van der Waals surface area contributed by atoms with Crippen LogP contribution in [0.15, 0.2) is 0 Å². The number of hydrogen-bond donors (Lipinski definition) is 2. The molecule has 1 saturated heterocycles. The van der Waals surface area contributed by atoms with Gasteiger partial charge in [0.1, 0.15) is 6.04 Å². The fourth-order valence-corrected chi connectivity index (χ4v) is 6.77. The van der Waals surface area contributed by atoms with Crippen LogP contribution >= 0.6 is 0 Å². The first-order valence-corrected chi connectivity index (χ1v) is 10.8. The Balaban J connectivity index is 1.51. The second kappa shape index (κ2) is 7.87. The summed E-state index contributed by atoms with van der Waals surface area (Å²) in [7, 11) is 2.80. The van der Waals surface area contributed by atoms with Gasteiger partial charge >= 0.3 is 11.9 Å². The van der Waals surface area contributed by atoms with E-state index in [1.165, 1.54) is 14.2 Å². The third-order valence-corrected chi connectivity index (χ3v) is 7.60. The SMILES string of the molecule is COC(=O)C(CN1CCNCC1)NC(=O)C12CC3CC(C1)CC(C(=O)OC)(C3)C2. The van der Waals surface area contributed by atoms with E-state index in [4.69, 9.17) is 9.47 Å². The predicted octanol–water partition coefficient (Wildman–Crippen LogP) is 0.309. The number of carbonyl (C=O) groups is 3. The number of hydrogen-bond acceptors (Lipinski definition) is 7. The van der Waals surface area contributed by atoms with Crippen LogP contribution in [-0.4, -0.2) is 75.7 Å². The Morgan fingerprint density at radius 3 is 2.24 bits per heavy atom. The molecule has 1 amide bonds. The van der Waals surface area contributed by atoms with Crippen molar-refractivity contribution >= 4 is 17.8 Å². The number of nitrogens with zero attached hydrogens (tertiary/aromatic N) is 1. The van der Waals surface area contributed by atoms with Crippen molar-refractivity contribution in [2.75, 3.05) is 46.9 Å². The molecule has 0 spiro atoms. The summed E-state index contributed by atoms with van der Waals surface area (Å²) in [5.41, 5.74) is -1.11. The van der Waals surface area contributed by atoms with Gasteiger partial charge in [0.05, 0.1) is 25.0 Å². The zero-order valence-corrected chi connectivity index (χ0v) is 17.5. The van der Waals surface area contributed by atoms with Gasteiger partial charge in [-0.05, 0) is 50.4 Å².